The highest BCUT2D eigenvalue weighted by Crippen LogP contribution is 2.39. The van der Waals surface area contributed by atoms with E-state index < -0.39 is 11.9 Å². The maximum absolute atomic E-state index is 13.8. The van der Waals surface area contributed by atoms with E-state index in [0.29, 0.717) is 59.5 Å². The summed E-state index contributed by atoms with van der Waals surface area (Å²) in [5.74, 6) is -0.399. The number of nitrogens with zero attached hydrogens (tertiary/aromatic N) is 5. The summed E-state index contributed by atoms with van der Waals surface area (Å²) in [6.45, 7) is 4.56. The topological polar surface area (TPSA) is 100 Å². The summed E-state index contributed by atoms with van der Waals surface area (Å²) in [5.41, 5.74) is 1.84. The van der Waals surface area contributed by atoms with E-state index in [2.05, 4.69) is 10.4 Å². The number of amides is 3. The summed E-state index contributed by atoms with van der Waals surface area (Å²) >= 11 is 0. The minimum absolute atomic E-state index is 0.0450. The number of anilines is 1. The molecule has 2 aromatic carbocycles. The van der Waals surface area contributed by atoms with E-state index in [-0.39, 0.29) is 35.9 Å². The van der Waals surface area contributed by atoms with Crippen LogP contribution in [0.1, 0.15) is 51.4 Å². The molecule has 0 atom stereocenters. The fraction of sp³-hybridized carbons (Fsp3) is 0.323. The van der Waals surface area contributed by atoms with Gasteiger partial charge in [0.2, 0.25) is 5.91 Å². The molecule has 9 nitrogen and oxygen atoms in total. The molecule has 0 spiro atoms. The summed E-state index contributed by atoms with van der Waals surface area (Å²) in [7, 11) is 1.43. The van der Waals surface area contributed by atoms with E-state index in [1.54, 1.807) is 35.2 Å². The summed E-state index contributed by atoms with van der Waals surface area (Å²) in [6.07, 6.45) is -2.32. The summed E-state index contributed by atoms with van der Waals surface area (Å²) in [4.78, 5) is 46.6. The van der Waals surface area contributed by atoms with Crippen LogP contribution in [0.4, 0.5) is 19.0 Å². The van der Waals surface area contributed by atoms with E-state index >= 15 is 0 Å². The molecule has 0 aliphatic carbocycles. The Bertz CT molecular complexity index is 1790. The van der Waals surface area contributed by atoms with Crippen molar-refractivity contribution < 1.29 is 27.6 Å². The monoisotopic (exact) mass is 590 g/mol. The van der Waals surface area contributed by atoms with Crippen molar-refractivity contribution in [2.75, 3.05) is 24.5 Å². The van der Waals surface area contributed by atoms with Crippen molar-refractivity contribution in [2.24, 2.45) is 7.05 Å². The van der Waals surface area contributed by atoms with E-state index in [1.807, 2.05) is 19.1 Å². The molecule has 1 fully saturated rings. The number of carbonyl (C=O) groups excluding carboxylic acids is 3. The number of pyridine rings is 1. The highest BCUT2D eigenvalue weighted by molar-refractivity contribution is 6.10. The number of halogens is 3. The van der Waals surface area contributed by atoms with Crippen LogP contribution in [0.2, 0.25) is 0 Å². The van der Waals surface area contributed by atoms with E-state index in [4.69, 9.17) is 4.98 Å². The fourth-order valence-electron chi connectivity index (χ4n) is 5.80. The average molecular weight is 591 g/mol. The third-order valence-electron chi connectivity index (χ3n) is 8.05. The predicted octanol–water partition coefficient (Wildman–Crippen LogP) is 4.38. The van der Waals surface area contributed by atoms with Crippen LogP contribution in [0.3, 0.4) is 0 Å². The van der Waals surface area contributed by atoms with Gasteiger partial charge in [0, 0.05) is 56.3 Å². The van der Waals surface area contributed by atoms with Gasteiger partial charge in [-0.1, -0.05) is 19.1 Å². The second kappa shape index (κ2) is 10.5. The largest absolute Gasteiger partial charge is 0.435 e. The Morgan fingerprint density at radius 3 is 2.51 bits per heavy atom. The van der Waals surface area contributed by atoms with E-state index in [1.165, 1.54) is 25.1 Å². The lowest BCUT2D eigenvalue weighted by molar-refractivity contribution is -0.141. The lowest BCUT2D eigenvalue weighted by Crippen LogP contribution is -2.60. The van der Waals surface area contributed by atoms with Gasteiger partial charge in [-0.3, -0.25) is 24.0 Å². The molecular formula is C31H29F3N6O3. The Labute approximate surface area is 245 Å². The number of rotatable bonds is 5. The predicted molar refractivity (Wildman–Crippen MR) is 154 cm³/mol. The van der Waals surface area contributed by atoms with Crippen molar-refractivity contribution in [2.45, 2.75) is 38.9 Å². The number of benzene rings is 2. The molecule has 4 heterocycles. The smallest absolute Gasteiger partial charge is 0.346 e. The first-order valence-corrected chi connectivity index (χ1v) is 14.0. The highest BCUT2D eigenvalue weighted by atomic mass is 19.4. The van der Waals surface area contributed by atoms with Crippen LogP contribution >= 0.6 is 0 Å². The molecule has 1 N–H and O–H groups in total. The number of aryl methyl sites for hydroxylation is 2. The summed E-state index contributed by atoms with van der Waals surface area (Å²) < 4.78 is 42.4. The van der Waals surface area contributed by atoms with Crippen molar-refractivity contribution in [3.63, 3.8) is 0 Å². The van der Waals surface area contributed by atoms with Gasteiger partial charge < -0.3 is 10.2 Å². The van der Waals surface area contributed by atoms with Crippen LogP contribution in [0.15, 0.2) is 48.7 Å². The second-order valence-electron chi connectivity index (χ2n) is 10.9. The molecule has 12 heteroatoms. The van der Waals surface area contributed by atoms with Crippen molar-refractivity contribution in [1.82, 2.24) is 25.0 Å². The fourth-order valence-corrected chi connectivity index (χ4v) is 5.80. The van der Waals surface area contributed by atoms with Crippen LogP contribution in [0, 0.1) is 0 Å². The van der Waals surface area contributed by atoms with Crippen LogP contribution in [-0.4, -0.2) is 63.1 Å². The normalized spacial score (nSPS) is 15.4. The lowest BCUT2D eigenvalue weighted by atomic mass is 9.90. The number of carbonyl (C=O) groups is 3. The third-order valence-corrected chi connectivity index (χ3v) is 8.05. The van der Waals surface area contributed by atoms with Crippen molar-refractivity contribution in [3.8, 4) is 11.1 Å². The van der Waals surface area contributed by atoms with Gasteiger partial charge in [-0.15, -0.1) is 0 Å². The Hall–Kier alpha value is -4.74. The Morgan fingerprint density at radius 2 is 1.81 bits per heavy atom. The molecule has 0 saturated carbocycles. The number of alkyl halides is 3. The number of nitrogens with one attached hydrogen (secondary N) is 1. The number of aromatic nitrogens is 3. The second-order valence-corrected chi connectivity index (χ2v) is 10.9. The molecule has 222 valence electrons. The van der Waals surface area contributed by atoms with Crippen LogP contribution < -0.4 is 10.2 Å². The van der Waals surface area contributed by atoms with Gasteiger partial charge in [0.05, 0.1) is 17.1 Å². The zero-order valence-corrected chi connectivity index (χ0v) is 23.8. The molecule has 3 amide bonds. The average Bonchev–Trinajstić information content (AvgIpc) is 3.35. The minimum Gasteiger partial charge on any atom is -0.346 e. The molecule has 0 radical (unpaired) electrons. The van der Waals surface area contributed by atoms with Crippen molar-refractivity contribution in [3.05, 3.63) is 76.6 Å². The first-order valence-electron chi connectivity index (χ1n) is 14.0. The minimum atomic E-state index is -4.65. The van der Waals surface area contributed by atoms with Crippen molar-refractivity contribution >= 4 is 34.4 Å². The zero-order valence-electron chi connectivity index (χ0n) is 23.8. The van der Waals surface area contributed by atoms with Crippen LogP contribution in [0.5, 0.6) is 0 Å². The molecule has 1 saturated heterocycles. The first-order chi connectivity index (χ1) is 20.4. The van der Waals surface area contributed by atoms with Gasteiger partial charge >= 0.3 is 6.18 Å². The van der Waals surface area contributed by atoms with Crippen molar-refractivity contribution in [1.29, 1.82) is 0 Å². The Morgan fingerprint density at radius 1 is 1.07 bits per heavy atom. The molecule has 6 rings (SSSR count). The van der Waals surface area contributed by atoms with Gasteiger partial charge in [-0.05, 0) is 59.9 Å². The van der Waals surface area contributed by atoms with Gasteiger partial charge in [-0.2, -0.15) is 18.3 Å². The zero-order chi connectivity index (χ0) is 30.6. The molecular weight excluding hydrogens is 561 g/mol. The van der Waals surface area contributed by atoms with Crippen LogP contribution in [-0.2, 0) is 30.9 Å². The van der Waals surface area contributed by atoms with Gasteiger partial charge in [0.1, 0.15) is 5.82 Å². The lowest BCUT2D eigenvalue weighted by Gasteiger charge is -2.38. The van der Waals surface area contributed by atoms with Gasteiger partial charge in [0.15, 0.2) is 5.69 Å². The van der Waals surface area contributed by atoms with E-state index in [0.717, 1.165) is 15.6 Å². The molecule has 0 unspecified atom stereocenters. The summed E-state index contributed by atoms with van der Waals surface area (Å²) in [6, 6.07) is 11.9. The molecule has 0 bridgehead atoms. The maximum atomic E-state index is 13.8. The molecule has 2 aromatic heterocycles. The van der Waals surface area contributed by atoms with Gasteiger partial charge in [-0.25, -0.2) is 4.98 Å². The number of hydrogen-bond donors (Lipinski definition) is 1. The number of hydrogen-bond acceptors (Lipinski definition) is 5. The van der Waals surface area contributed by atoms with E-state index in [9.17, 15) is 27.6 Å². The maximum Gasteiger partial charge on any atom is 0.435 e. The summed E-state index contributed by atoms with van der Waals surface area (Å²) in [5, 5.41) is 7.35. The first kappa shape index (κ1) is 28.4. The molecule has 43 heavy (non-hydrogen) atoms. The standard InChI is InChI=1S/C31H29F3N6O3/c1-4-18-12-19-8-9-26(36-27(19)24(13-18)29(42)35-20-14-39(15-20)17(2)41)40-11-10-22-21(6-5-7-23(22)30(40)43)25-16-38(3)37-28(25)31(32,33)34/h5-9,12-13,16,20H,4,10-11,14-15H2,1-3H3,(H,35,42). The molecule has 4 aromatic rings. The molecule has 2 aliphatic rings. The highest BCUT2D eigenvalue weighted by Gasteiger charge is 2.39. The number of likely N-dealkylation sites (tertiary alicyclic amines) is 1. The Kier molecular flexibility index (Phi) is 6.94. The molecule has 2 aliphatic heterocycles. The quantitative estimate of drug-likeness (QED) is 0.372. The third kappa shape index (κ3) is 5.10. The van der Waals surface area contributed by atoms with Crippen LogP contribution in [0.25, 0.3) is 22.0 Å². The number of fused-ring (bicyclic) bond motifs is 2. The SMILES string of the molecule is CCc1cc(C(=O)NC2CN(C(C)=O)C2)c2nc(N3CCc4c(cccc4-c4cn(C)nc4C(F)(F)F)C3=O)ccc2c1. The Balaban J connectivity index is 1.34. The van der Waals surface area contributed by atoms with Gasteiger partial charge in [0.25, 0.3) is 11.8 Å².